The quantitative estimate of drug-likeness (QED) is 0.713. The van der Waals surface area contributed by atoms with E-state index in [2.05, 4.69) is 0 Å². The van der Waals surface area contributed by atoms with Crippen LogP contribution in [0.25, 0.3) is 0 Å². The minimum Gasteiger partial charge on any atom is -0.383 e. The standard InChI is InChI=1S/C10H19NO2/c1-8(2)7-9(12)10(13)11-5-3-4-6-11/h8-9,12H,3-7H2,1-2H3/t9-/m0/s1. The first kappa shape index (κ1) is 10.5. The van der Waals surface area contributed by atoms with E-state index < -0.39 is 6.10 Å². The van der Waals surface area contributed by atoms with Crippen LogP contribution in [0.5, 0.6) is 0 Å². The topological polar surface area (TPSA) is 40.5 Å². The average molecular weight is 185 g/mol. The number of likely N-dealkylation sites (tertiary alicyclic amines) is 1. The van der Waals surface area contributed by atoms with Crippen molar-refractivity contribution in [2.45, 2.75) is 39.2 Å². The van der Waals surface area contributed by atoms with Crippen LogP contribution in [0.4, 0.5) is 0 Å². The molecule has 0 unspecified atom stereocenters. The molecular weight excluding hydrogens is 166 g/mol. The van der Waals surface area contributed by atoms with Crippen molar-refractivity contribution in [2.75, 3.05) is 13.1 Å². The third kappa shape index (κ3) is 2.99. The number of carbonyl (C=O) groups excluding carboxylic acids is 1. The number of aliphatic hydroxyl groups is 1. The summed E-state index contributed by atoms with van der Waals surface area (Å²) in [6, 6.07) is 0. The summed E-state index contributed by atoms with van der Waals surface area (Å²) >= 11 is 0. The number of amides is 1. The maximum atomic E-state index is 11.6. The molecule has 13 heavy (non-hydrogen) atoms. The molecule has 1 fully saturated rings. The fourth-order valence-corrected chi connectivity index (χ4v) is 1.70. The van der Waals surface area contributed by atoms with E-state index in [1.165, 1.54) is 0 Å². The molecule has 0 aliphatic carbocycles. The molecule has 3 heteroatoms. The number of hydrogen-bond donors (Lipinski definition) is 1. The predicted molar refractivity (Wildman–Crippen MR) is 51.3 cm³/mol. The molecule has 0 radical (unpaired) electrons. The molecule has 1 saturated heterocycles. The highest BCUT2D eigenvalue weighted by Gasteiger charge is 2.24. The van der Waals surface area contributed by atoms with Crippen LogP contribution in [0.1, 0.15) is 33.1 Å². The third-order valence-electron chi connectivity index (χ3n) is 2.40. The van der Waals surface area contributed by atoms with Gasteiger partial charge >= 0.3 is 0 Å². The highest BCUT2D eigenvalue weighted by molar-refractivity contribution is 5.80. The largest absolute Gasteiger partial charge is 0.383 e. The second kappa shape index (κ2) is 4.61. The van der Waals surface area contributed by atoms with Crippen molar-refractivity contribution in [3.63, 3.8) is 0 Å². The Labute approximate surface area is 79.7 Å². The molecule has 1 rings (SSSR count). The zero-order chi connectivity index (χ0) is 9.84. The van der Waals surface area contributed by atoms with Gasteiger partial charge in [0.15, 0.2) is 0 Å². The molecule has 0 aromatic heterocycles. The summed E-state index contributed by atoms with van der Waals surface area (Å²) in [5.74, 6) is 0.299. The molecular formula is C10H19NO2. The van der Waals surface area contributed by atoms with Crippen LogP contribution in [0.15, 0.2) is 0 Å². The number of carbonyl (C=O) groups is 1. The lowest BCUT2D eigenvalue weighted by Crippen LogP contribution is -2.37. The van der Waals surface area contributed by atoms with Gasteiger partial charge in [-0.25, -0.2) is 0 Å². The molecule has 0 spiro atoms. The second-order valence-electron chi connectivity index (χ2n) is 4.18. The lowest BCUT2D eigenvalue weighted by atomic mass is 10.1. The fraction of sp³-hybridized carbons (Fsp3) is 0.900. The van der Waals surface area contributed by atoms with E-state index in [0.717, 1.165) is 25.9 Å². The first-order chi connectivity index (χ1) is 6.11. The van der Waals surface area contributed by atoms with Crippen molar-refractivity contribution >= 4 is 5.91 Å². The van der Waals surface area contributed by atoms with Crippen LogP contribution in [0.2, 0.25) is 0 Å². The Morgan fingerprint density at radius 3 is 2.38 bits per heavy atom. The van der Waals surface area contributed by atoms with Crippen molar-refractivity contribution in [3.05, 3.63) is 0 Å². The summed E-state index contributed by atoms with van der Waals surface area (Å²) in [4.78, 5) is 13.3. The van der Waals surface area contributed by atoms with Crippen molar-refractivity contribution in [1.29, 1.82) is 0 Å². The highest BCUT2D eigenvalue weighted by Crippen LogP contribution is 2.12. The van der Waals surface area contributed by atoms with Crippen molar-refractivity contribution in [2.24, 2.45) is 5.92 Å². The molecule has 1 aliphatic heterocycles. The normalized spacial score (nSPS) is 19.5. The van der Waals surface area contributed by atoms with Crippen LogP contribution in [0, 0.1) is 5.92 Å². The highest BCUT2D eigenvalue weighted by atomic mass is 16.3. The Morgan fingerprint density at radius 2 is 1.92 bits per heavy atom. The van der Waals surface area contributed by atoms with Gasteiger partial charge in [-0.3, -0.25) is 4.79 Å². The van der Waals surface area contributed by atoms with E-state index >= 15 is 0 Å². The Hall–Kier alpha value is -0.570. The van der Waals surface area contributed by atoms with Crippen molar-refractivity contribution in [3.8, 4) is 0 Å². The summed E-state index contributed by atoms with van der Waals surface area (Å²) in [7, 11) is 0. The smallest absolute Gasteiger partial charge is 0.251 e. The van der Waals surface area contributed by atoms with Gasteiger partial charge in [0.25, 0.3) is 5.91 Å². The zero-order valence-corrected chi connectivity index (χ0v) is 8.49. The van der Waals surface area contributed by atoms with E-state index in [1.807, 2.05) is 13.8 Å². The van der Waals surface area contributed by atoms with Crippen molar-refractivity contribution in [1.82, 2.24) is 4.90 Å². The minimum atomic E-state index is -0.780. The molecule has 0 aromatic carbocycles. The lowest BCUT2D eigenvalue weighted by molar-refractivity contribution is -0.139. The van der Waals surface area contributed by atoms with E-state index in [0.29, 0.717) is 12.3 Å². The first-order valence-corrected chi connectivity index (χ1v) is 5.08. The fourth-order valence-electron chi connectivity index (χ4n) is 1.70. The number of rotatable bonds is 3. The summed E-state index contributed by atoms with van der Waals surface area (Å²) in [6.07, 6.45) is 1.97. The summed E-state index contributed by atoms with van der Waals surface area (Å²) in [5.41, 5.74) is 0. The first-order valence-electron chi connectivity index (χ1n) is 5.08. The molecule has 76 valence electrons. The third-order valence-corrected chi connectivity index (χ3v) is 2.40. The van der Waals surface area contributed by atoms with Gasteiger partial charge in [0.2, 0.25) is 0 Å². The molecule has 1 amide bonds. The van der Waals surface area contributed by atoms with E-state index in [1.54, 1.807) is 4.90 Å². The van der Waals surface area contributed by atoms with Gasteiger partial charge < -0.3 is 10.0 Å². The van der Waals surface area contributed by atoms with Crippen LogP contribution >= 0.6 is 0 Å². The summed E-state index contributed by atoms with van der Waals surface area (Å²) < 4.78 is 0. The van der Waals surface area contributed by atoms with Crippen LogP contribution in [-0.4, -0.2) is 35.1 Å². The lowest BCUT2D eigenvalue weighted by Gasteiger charge is -2.20. The monoisotopic (exact) mass is 185 g/mol. The van der Waals surface area contributed by atoms with Gasteiger partial charge in [-0.15, -0.1) is 0 Å². The maximum absolute atomic E-state index is 11.6. The Morgan fingerprint density at radius 1 is 1.38 bits per heavy atom. The minimum absolute atomic E-state index is 0.0776. The van der Waals surface area contributed by atoms with Crippen LogP contribution in [-0.2, 0) is 4.79 Å². The van der Waals surface area contributed by atoms with E-state index in [9.17, 15) is 9.90 Å². The molecule has 1 heterocycles. The van der Waals surface area contributed by atoms with Crippen molar-refractivity contribution < 1.29 is 9.90 Å². The zero-order valence-electron chi connectivity index (χ0n) is 8.49. The number of hydrogen-bond acceptors (Lipinski definition) is 2. The van der Waals surface area contributed by atoms with Crippen LogP contribution < -0.4 is 0 Å². The van der Waals surface area contributed by atoms with Gasteiger partial charge in [0.05, 0.1) is 0 Å². The molecule has 0 aromatic rings. The Balaban J connectivity index is 2.36. The van der Waals surface area contributed by atoms with Gasteiger partial charge in [-0.1, -0.05) is 13.8 Å². The van der Waals surface area contributed by atoms with Gasteiger partial charge in [0, 0.05) is 13.1 Å². The molecule has 1 aliphatic rings. The van der Waals surface area contributed by atoms with Gasteiger partial charge in [-0.05, 0) is 25.2 Å². The second-order valence-corrected chi connectivity index (χ2v) is 4.18. The van der Waals surface area contributed by atoms with E-state index in [4.69, 9.17) is 0 Å². The molecule has 3 nitrogen and oxygen atoms in total. The van der Waals surface area contributed by atoms with Gasteiger partial charge in [0.1, 0.15) is 6.10 Å². The summed E-state index contributed by atoms with van der Waals surface area (Å²) in [6.45, 7) is 5.68. The molecule has 1 atom stereocenters. The average Bonchev–Trinajstić information content (AvgIpc) is 2.53. The Bertz CT molecular complexity index is 174. The molecule has 0 saturated carbocycles. The SMILES string of the molecule is CC(C)C[C@H](O)C(=O)N1CCCC1. The predicted octanol–water partition coefficient (Wildman–Crippen LogP) is 1.02. The van der Waals surface area contributed by atoms with Gasteiger partial charge in [-0.2, -0.15) is 0 Å². The maximum Gasteiger partial charge on any atom is 0.251 e. The van der Waals surface area contributed by atoms with Crippen LogP contribution in [0.3, 0.4) is 0 Å². The number of aliphatic hydroxyl groups excluding tert-OH is 1. The Kier molecular flexibility index (Phi) is 3.72. The number of nitrogens with zero attached hydrogens (tertiary/aromatic N) is 1. The molecule has 1 N–H and O–H groups in total. The summed E-state index contributed by atoms with van der Waals surface area (Å²) in [5, 5.41) is 9.56. The molecule has 0 bridgehead atoms. The van der Waals surface area contributed by atoms with E-state index in [-0.39, 0.29) is 5.91 Å².